The minimum absolute atomic E-state index is 0. The van der Waals surface area contributed by atoms with Crippen molar-refractivity contribution in [3.05, 3.63) is 0 Å². The second-order valence-electron chi connectivity index (χ2n) is 2.97. The van der Waals surface area contributed by atoms with Gasteiger partial charge in [0.1, 0.15) is 0 Å². The molecule has 0 saturated carbocycles. The average Bonchev–Trinajstić information content (AvgIpc) is 2.63. The molecule has 2 saturated heterocycles. The van der Waals surface area contributed by atoms with Gasteiger partial charge in [-0.1, -0.05) is 13.8 Å². The molecule has 1 radical (unpaired) electrons. The molecule has 2 aliphatic rings. The third kappa shape index (κ3) is 3.57. The molecule has 2 heterocycles. The van der Waals surface area contributed by atoms with Gasteiger partial charge in [0, 0.05) is 52.3 Å². The van der Waals surface area contributed by atoms with E-state index >= 15 is 0 Å². The molecule has 14 heavy (non-hydrogen) atoms. The van der Waals surface area contributed by atoms with Gasteiger partial charge in [0.25, 0.3) is 0 Å². The van der Waals surface area contributed by atoms with Crippen LogP contribution in [0.4, 0.5) is 0 Å². The van der Waals surface area contributed by atoms with E-state index in [9.17, 15) is 4.79 Å². The van der Waals surface area contributed by atoms with Gasteiger partial charge < -0.3 is 19.7 Å². The standard InChI is InChI=1S/C7H11N2O2.C2H6.Y/c10-5-9-3-6-7(4-9)11-2-1-8-6;1-2;/h6-8H,1-4H2;1-2H3;/q-1;;/t6-,7?;;/m0../s1. The molecule has 1 N–H and O–H groups in total. The Bertz CT molecular complexity index is 155. The molecule has 2 atom stereocenters. The molecular weight excluding hydrogens is 257 g/mol. The van der Waals surface area contributed by atoms with Crippen molar-refractivity contribution < 1.29 is 42.2 Å². The van der Waals surface area contributed by atoms with E-state index in [4.69, 9.17) is 4.74 Å². The van der Waals surface area contributed by atoms with Crippen molar-refractivity contribution in [2.75, 3.05) is 26.2 Å². The van der Waals surface area contributed by atoms with Crippen molar-refractivity contribution in [2.45, 2.75) is 26.0 Å². The molecule has 0 spiro atoms. The summed E-state index contributed by atoms with van der Waals surface area (Å²) < 4.78 is 5.45. The normalized spacial score (nSPS) is 29.4. The van der Waals surface area contributed by atoms with Gasteiger partial charge in [0.15, 0.2) is 0 Å². The molecule has 2 aliphatic heterocycles. The summed E-state index contributed by atoms with van der Waals surface area (Å²) >= 11 is 0. The molecule has 79 valence electrons. The van der Waals surface area contributed by atoms with Crippen molar-refractivity contribution in [1.82, 2.24) is 10.2 Å². The number of likely N-dealkylation sites (tertiary alicyclic amines) is 1. The summed E-state index contributed by atoms with van der Waals surface area (Å²) in [5.74, 6) is 0. The maximum absolute atomic E-state index is 10.3. The summed E-state index contributed by atoms with van der Waals surface area (Å²) in [6, 6.07) is 0.338. The maximum atomic E-state index is 10.3. The maximum Gasteiger partial charge on any atom is 0.0893 e. The number of nitrogens with one attached hydrogen (secondary N) is 1. The van der Waals surface area contributed by atoms with Crippen LogP contribution in [0.2, 0.25) is 0 Å². The smallest absolute Gasteiger partial charge is 0.0893 e. The zero-order valence-electron chi connectivity index (χ0n) is 8.82. The number of morpholine rings is 1. The Morgan fingerprint density at radius 2 is 2.14 bits per heavy atom. The molecule has 0 bridgehead atoms. The zero-order valence-corrected chi connectivity index (χ0v) is 11.7. The van der Waals surface area contributed by atoms with E-state index in [1.807, 2.05) is 20.3 Å². The van der Waals surface area contributed by atoms with Crippen LogP contribution < -0.4 is 5.32 Å². The van der Waals surface area contributed by atoms with E-state index in [-0.39, 0.29) is 38.8 Å². The van der Waals surface area contributed by atoms with Crippen LogP contribution >= 0.6 is 0 Å². The number of rotatable bonds is 1. The van der Waals surface area contributed by atoms with Crippen LogP contribution in [0.25, 0.3) is 0 Å². The molecule has 2 fully saturated rings. The number of carbonyl (C=O) groups excluding carboxylic acids is 1. The fourth-order valence-corrected chi connectivity index (χ4v) is 1.67. The van der Waals surface area contributed by atoms with E-state index in [0.717, 1.165) is 19.7 Å². The van der Waals surface area contributed by atoms with Crippen LogP contribution in [0.5, 0.6) is 0 Å². The predicted molar refractivity (Wildman–Crippen MR) is 50.1 cm³/mol. The van der Waals surface area contributed by atoms with Crippen LogP contribution in [-0.4, -0.2) is 49.7 Å². The third-order valence-electron chi connectivity index (χ3n) is 2.24. The quantitative estimate of drug-likeness (QED) is 0.670. The Balaban J connectivity index is 0.000000531. The molecule has 5 heteroatoms. The summed E-state index contributed by atoms with van der Waals surface area (Å²) in [7, 11) is 0. The minimum atomic E-state index is 0. The number of fused-ring (bicyclic) bond motifs is 1. The zero-order chi connectivity index (χ0) is 9.68. The Morgan fingerprint density at radius 3 is 2.71 bits per heavy atom. The van der Waals surface area contributed by atoms with Crippen molar-refractivity contribution in [3.63, 3.8) is 0 Å². The second kappa shape index (κ2) is 7.74. The van der Waals surface area contributed by atoms with Gasteiger partial charge in [0.2, 0.25) is 0 Å². The van der Waals surface area contributed by atoms with Crippen LogP contribution in [-0.2, 0) is 42.2 Å². The van der Waals surface area contributed by atoms with Crippen LogP contribution in [0, 0.1) is 0 Å². The Morgan fingerprint density at radius 1 is 1.43 bits per heavy atom. The monoisotopic (exact) mass is 274 g/mol. The Hall–Kier alpha value is 0.494. The van der Waals surface area contributed by atoms with Crippen molar-refractivity contribution >= 4 is 6.41 Å². The van der Waals surface area contributed by atoms with Crippen molar-refractivity contribution in [2.24, 2.45) is 0 Å². The molecule has 2 rings (SSSR count). The molecule has 0 aliphatic carbocycles. The van der Waals surface area contributed by atoms with Gasteiger partial charge in [-0.15, -0.1) is 0 Å². The molecular formula is C9H17N2O2Y-. The molecule has 0 aromatic heterocycles. The summed E-state index contributed by atoms with van der Waals surface area (Å²) in [6.45, 7) is 7.09. The number of nitrogens with zero attached hydrogens (tertiary/aromatic N) is 1. The van der Waals surface area contributed by atoms with Gasteiger partial charge in [0.05, 0.1) is 18.8 Å². The van der Waals surface area contributed by atoms with Crippen LogP contribution in [0.15, 0.2) is 0 Å². The average molecular weight is 274 g/mol. The van der Waals surface area contributed by atoms with Gasteiger partial charge in [-0.05, 0) is 0 Å². The molecule has 0 aromatic carbocycles. The number of ether oxygens (including phenoxy) is 1. The van der Waals surface area contributed by atoms with Crippen molar-refractivity contribution in [3.8, 4) is 0 Å². The molecule has 4 nitrogen and oxygen atoms in total. The van der Waals surface area contributed by atoms with E-state index in [0.29, 0.717) is 12.6 Å². The fourth-order valence-electron chi connectivity index (χ4n) is 1.67. The Labute approximate surface area is 111 Å². The van der Waals surface area contributed by atoms with Gasteiger partial charge in [-0.2, -0.15) is 6.41 Å². The largest absolute Gasteiger partial charge is 0.520 e. The topological polar surface area (TPSA) is 41.6 Å². The molecule has 0 aromatic rings. The number of hydrogen-bond acceptors (Lipinski definition) is 3. The molecule has 1 amide bonds. The van der Waals surface area contributed by atoms with E-state index < -0.39 is 0 Å². The summed E-state index contributed by atoms with van der Waals surface area (Å²) in [6.07, 6.45) is 2.08. The SMILES string of the molecule is CC.O=[C-]N1CC2OCCN[C@H]2C1.[Y]. The fraction of sp³-hybridized carbons (Fsp3) is 0.889. The van der Waals surface area contributed by atoms with Gasteiger partial charge >= 0.3 is 0 Å². The van der Waals surface area contributed by atoms with Crippen LogP contribution in [0.3, 0.4) is 0 Å². The minimum Gasteiger partial charge on any atom is -0.520 e. The second-order valence-corrected chi connectivity index (χ2v) is 2.97. The van der Waals surface area contributed by atoms with E-state index in [1.54, 1.807) is 4.90 Å². The Kier molecular flexibility index (Phi) is 8.02. The predicted octanol–water partition coefficient (Wildman–Crippen LogP) is -0.250. The van der Waals surface area contributed by atoms with Gasteiger partial charge in [-0.25, -0.2) is 0 Å². The van der Waals surface area contributed by atoms with E-state index in [2.05, 4.69) is 5.32 Å². The summed E-state index contributed by atoms with van der Waals surface area (Å²) in [4.78, 5) is 11.9. The first-order chi connectivity index (χ1) is 6.40. The third-order valence-corrected chi connectivity index (χ3v) is 2.24. The summed E-state index contributed by atoms with van der Waals surface area (Å²) in [5, 5.41) is 3.30. The summed E-state index contributed by atoms with van der Waals surface area (Å²) in [5.41, 5.74) is 0. The van der Waals surface area contributed by atoms with Gasteiger partial charge in [-0.3, -0.25) is 0 Å². The number of hydrogen-bond donors (Lipinski definition) is 1. The van der Waals surface area contributed by atoms with Crippen molar-refractivity contribution in [1.29, 1.82) is 0 Å². The first-order valence-corrected chi connectivity index (χ1v) is 4.88. The number of amides is 1. The molecule has 1 unspecified atom stereocenters. The first-order valence-electron chi connectivity index (χ1n) is 4.88. The first kappa shape index (κ1) is 14.5. The van der Waals surface area contributed by atoms with Crippen LogP contribution in [0.1, 0.15) is 13.8 Å². The van der Waals surface area contributed by atoms with E-state index in [1.165, 1.54) is 0 Å².